The summed E-state index contributed by atoms with van der Waals surface area (Å²) in [4.78, 5) is 25.0. The van der Waals surface area contributed by atoms with E-state index in [9.17, 15) is 9.59 Å². The molecule has 5 nitrogen and oxygen atoms in total. The lowest BCUT2D eigenvalue weighted by molar-refractivity contribution is -0.151. The minimum Gasteiger partial charge on any atom is -0.377 e. The SMILES string of the molecule is CNC(=O)C(=O)N1CCOCC1c1ccccc1. The molecule has 1 aromatic carbocycles. The van der Waals surface area contributed by atoms with Crippen molar-refractivity contribution in [3.05, 3.63) is 35.9 Å². The summed E-state index contributed by atoms with van der Waals surface area (Å²) in [6.45, 7) is 1.32. The van der Waals surface area contributed by atoms with Gasteiger partial charge < -0.3 is 15.0 Å². The number of morpholine rings is 1. The number of likely N-dealkylation sites (N-methyl/N-ethyl adjacent to an activating group) is 1. The molecule has 0 aromatic heterocycles. The average Bonchev–Trinajstić information content (AvgIpc) is 2.46. The standard InChI is InChI=1S/C13H16N2O3/c1-14-12(16)13(17)15-7-8-18-9-11(15)10-5-3-2-4-6-10/h2-6,11H,7-9H2,1H3,(H,14,16). The second-order valence-corrected chi connectivity index (χ2v) is 4.08. The summed E-state index contributed by atoms with van der Waals surface area (Å²) in [6, 6.07) is 9.41. The minimum atomic E-state index is -0.585. The van der Waals surface area contributed by atoms with Crippen molar-refractivity contribution in [2.75, 3.05) is 26.8 Å². The lowest BCUT2D eigenvalue weighted by Crippen LogP contribution is -2.48. The summed E-state index contributed by atoms with van der Waals surface area (Å²) < 4.78 is 5.40. The third-order valence-electron chi connectivity index (χ3n) is 2.99. The fourth-order valence-corrected chi connectivity index (χ4v) is 2.04. The highest BCUT2D eigenvalue weighted by Gasteiger charge is 2.31. The van der Waals surface area contributed by atoms with E-state index in [1.54, 1.807) is 4.90 Å². The Hall–Kier alpha value is -1.88. The van der Waals surface area contributed by atoms with Crippen LogP contribution >= 0.6 is 0 Å². The first-order valence-corrected chi connectivity index (χ1v) is 5.89. The van der Waals surface area contributed by atoms with Gasteiger partial charge in [0.1, 0.15) is 0 Å². The maximum atomic E-state index is 12.0. The maximum Gasteiger partial charge on any atom is 0.312 e. The van der Waals surface area contributed by atoms with E-state index in [-0.39, 0.29) is 6.04 Å². The Kier molecular flexibility index (Phi) is 3.94. The first-order chi connectivity index (χ1) is 8.74. The monoisotopic (exact) mass is 248 g/mol. The largest absolute Gasteiger partial charge is 0.377 e. The Morgan fingerprint density at radius 2 is 2.06 bits per heavy atom. The van der Waals surface area contributed by atoms with Crippen LogP contribution < -0.4 is 5.32 Å². The number of carbonyl (C=O) groups is 2. The van der Waals surface area contributed by atoms with Crippen molar-refractivity contribution in [1.82, 2.24) is 10.2 Å². The van der Waals surface area contributed by atoms with Crippen LogP contribution in [0.2, 0.25) is 0 Å². The van der Waals surface area contributed by atoms with E-state index >= 15 is 0 Å². The molecule has 1 saturated heterocycles. The molecule has 5 heteroatoms. The van der Waals surface area contributed by atoms with Gasteiger partial charge in [-0.3, -0.25) is 9.59 Å². The molecule has 0 bridgehead atoms. The van der Waals surface area contributed by atoms with Crippen LogP contribution in [-0.2, 0) is 14.3 Å². The van der Waals surface area contributed by atoms with Gasteiger partial charge in [-0.05, 0) is 5.56 Å². The van der Waals surface area contributed by atoms with E-state index in [2.05, 4.69) is 5.32 Å². The molecule has 0 spiro atoms. The van der Waals surface area contributed by atoms with Crippen LogP contribution in [0, 0.1) is 0 Å². The molecule has 18 heavy (non-hydrogen) atoms. The Balaban J connectivity index is 2.21. The van der Waals surface area contributed by atoms with Gasteiger partial charge in [-0.2, -0.15) is 0 Å². The number of benzene rings is 1. The molecule has 2 rings (SSSR count). The van der Waals surface area contributed by atoms with Gasteiger partial charge in [-0.25, -0.2) is 0 Å². The van der Waals surface area contributed by atoms with Crippen LogP contribution in [0.4, 0.5) is 0 Å². The predicted octanol–water partition coefficient (Wildman–Crippen LogP) is 0.332. The van der Waals surface area contributed by atoms with Crippen molar-refractivity contribution in [3.63, 3.8) is 0 Å². The zero-order chi connectivity index (χ0) is 13.0. The Bertz CT molecular complexity index is 433. The van der Waals surface area contributed by atoms with Gasteiger partial charge in [-0.15, -0.1) is 0 Å². The fraction of sp³-hybridized carbons (Fsp3) is 0.385. The highest BCUT2D eigenvalue weighted by molar-refractivity contribution is 6.35. The van der Waals surface area contributed by atoms with Gasteiger partial charge in [0.2, 0.25) is 0 Å². The van der Waals surface area contributed by atoms with Gasteiger partial charge in [0.25, 0.3) is 0 Å². The molecule has 0 saturated carbocycles. The number of ether oxygens (including phenoxy) is 1. The molecule has 1 unspecified atom stereocenters. The molecule has 2 amide bonds. The van der Waals surface area contributed by atoms with Gasteiger partial charge in [0.15, 0.2) is 0 Å². The number of nitrogens with one attached hydrogen (secondary N) is 1. The number of hydrogen-bond donors (Lipinski definition) is 1. The Labute approximate surface area is 106 Å². The highest BCUT2D eigenvalue weighted by Crippen LogP contribution is 2.23. The summed E-state index contributed by atoms with van der Waals surface area (Å²) in [5, 5.41) is 2.36. The summed E-state index contributed by atoms with van der Waals surface area (Å²) in [5.41, 5.74) is 0.981. The van der Waals surface area contributed by atoms with Crippen LogP contribution in [-0.4, -0.2) is 43.5 Å². The molecular weight excluding hydrogens is 232 g/mol. The van der Waals surface area contributed by atoms with E-state index in [0.717, 1.165) is 5.56 Å². The van der Waals surface area contributed by atoms with Crippen LogP contribution in [0.25, 0.3) is 0 Å². The third kappa shape index (κ3) is 2.51. The normalized spacial score (nSPS) is 19.4. The number of carbonyl (C=O) groups excluding carboxylic acids is 2. The van der Waals surface area contributed by atoms with Gasteiger partial charge in [0.05, 0.1) is 19.3 Å². The van der Waals surface area contributed by atoms with Gasteiger partial charge in [-0.1, -0.05) is 30.3 Å². The molecule has 96 valence electrons. The first kappa shape index (κ1) is 12.6. The summed E-state index contributed by atoms with van der Waals surface area (Å²) in [7, 11) is 1.46. The number of rotatable bonds is 1. The van der Waals surface area contributed by atoms with Crippen molar-refractivity contribution >= 4 is 11.8 Å². The van der Waals surface area contributed by atoms with Crippen molar-refractivity contribution in [2.24, 2.45) is 0 Å². The molecule has 1 aromatic rings. The van der Waals surface area contributed by atoms with E-state index < -0.39 is 11.8 Å². The van der Waals surface area contributed by atoms with Crippen LogP contribution in [0.3, 0.4) is 0 Å². The smallest absolute Gasteiger partial charge is 0.312 e. The topological polar surface area (TPSA) is 58.6 Å². The lowest BCUT2D eigenvalue weighted by atomic mass is 10.0. The number of nitrogens with zero attached hydrogens (tertiary/aromatic N) is 1. The highest BCUT2D eigenvalue weighted by atomic mass is 16.5. The van der Waals surface area contributed by atoms with Gasteiger partial charge in [0, 0.05) is 13.6 Å². The molecular formula is C13H16N2O3. The van der Waals surface area contributed by atoms with E-state index in [1.165, 1.54) is 7.05 Å². The van der Waals surface area contributed by atoms with E-state index in [4.69, 9.17) is 4.74 Å². The molecule has 1 fully saturated rings. The lowest BCUT2D eigenvalue weighted by Gasteiger charge is -2.35. The molecule has 0 aliphatic carbocycles. The molecule has 0 radical (unpaired) electrons. The molecule has 1 heterocycles. The van der Waals surface area contributed by atoms with E-state index in [1.807, 2.05) is 30.3 Å². The average molecular weight is 248 g/mol. The van der Waals surface area contributed by atoms with Crippen LogP contribution in [0.15, 0.2) is 30.3 Å². The second kappa shape index (κ2) is 5.64. The summed E-state index contributed by atoms with van der Waals surface area (Å²) in [5.74, 6) is -1.09. The number of amides is 2. The summed E-state index contributed by atoms with van der Waals surface area (Å²) in [6.07, 6.45) is 0. The fourth-order valence-electron chi connectivity index (χ4n) is 2.04. The van der Waals surface area contributed by atoms with Crippen molar-refractivity contribution in [3.8, 4) is 0 Å². The maximum absolute atomic E-state index is 12.0. The van der Waals surface area contributed by atoms with Gasteiger partial charge >= 0.3 is 11.8 Å². The van der Waals surface area contributed by atoms with Crippen LogP contribution in [0.5, 0.6) is 0 Å². The Morgan fingerprint density at radius 1 is 1.33 bits per heavy atom. The third-order valence-corrected chi connectivity index (χ3v) is 2.99. The first-order valence-electron chi connectivity index (χ1n) is 5.89. The minimum absolute atomic E-state index is 0.190. The molecule has 1 N–H and O–H groups in total. The zero-order valence-corrected chi connectivity index (χ0v) is 10.3. The van der Waals surface area contributed by atoms with Crippen molar-refractivity contribution in [2.45, 2.75) is 6.04 Å². The van der Waals surface area contributed by atoms with Crippen molar-refractivity contribution < 1.29 is 14.3 Å². The second-order valence-electron chi connectivity index (χ2n) is 4.08. The molecule has 1 aliphatic heterocycles. The predicted molar refractivity (Wildman–Crippen MR) is 65.8 cm³/mol. The van der Waals surface area contributed by atoms with Crippen molar-refractivity contribution in [1.29, 1.82) is 0 Å². The number of hydrogen-bond acceptors (Lipinski definition) is 3. The quantitative estimate of drug-likeness (QED) is 0.729. The van der Waals surface area contributed by atoms with E-state index in [0.29, 0.717) is 19.8 Å². The summed E-state index contributed by atoms with van der Waals surface area (Å²) >= 11 is 0. The molecule has 1 aliphatic rings. The Morgan fingerprint density at radius 3 is 2.72 bits per heavy atom. The zero-order valence-electron chi connectivity index (χ0n) is 10.3. The van der Waals surface area contributed by atoms with Crippen LogP contribution in [0.1, 0.15) is 11.6 Å². The molecule has 1 atom stereocenters.